The van der Waals surface area contributed by atoms with E-state index in [0.717, 1.165) is 10.2 Å². The molecule has 0 saturated carbocycles. The summed E-state index contributed by atoms with van der Waals surface area (Å²) in [6.45, 7) is 3.80. The Kier molecular flexibility index (Phi) is 4.93. The van der Waals surface area contributed by atoms with Gasteiger partial charge in [0.25, 0.3) is 5.91 Å². The van der Waals surface area contributed by atoms with E-state index in [1.165, 1.54) is 17.1 Å². The lowest BCUT2D eigenvalue weighted by atomic mass is 10.2. The van der Waals surface area contributed by atoms with Gasteiger partial charge >= 0.3 is 0 Å². The van der Waals surface area contributed by atoms with Crippen molar-refractivity contribution in [2.75, 3.05) is 5.32 Å². The number of benzene rings is 1. The van der Waals surface area contributed by atoms with Crippen LogP contribution in [0.4, 0.5) is 10.3 Å². The van der Waals surface area contributed by atoms with Crippen LogP contribution in [0.15, 0.2) is 41.3 Å². The van der Waals surface area contributed by atoms with E-state index in [0.29, 0.717) is 5.56 Å². The monoisotopic (exact) mass is 406 g/mol. The van der Waals surface area contributed by atoms with Crippen molar-refractivity contribution < 1.29 is 9.18 Å². The Morgan fingerprint density at radius 1 is 1.36 bits per heavy atom. The maximum atomic E-state index is 13.7. The van der Waals surface area contributed by atoms with E-state index < -0.39 is 6.04 Å². The fourth-order valence-electron chi connectivity index (χ4n) is 2.22. The van der Waals surface area contributed by atoms with E-state index in [1.54, 1.807) is 36.0 Å². The van der Waals surface area contributed by atoms with E-state index >= 15 is 0 Å². The van der Waals surface area contributed by atoms with Crippen molar-refractivity contribution >= 4 is 27.8 Å². The summed E-state index contributed by atoms with van der Waals surface area (Å²) in [5.41, 5.74) is 1.29. The lowest BCUT2D eigenvalue weighted by molar-refractivity contribution is -0.119. The second kappa shape index (κ2) is 7.14. The normalized spacial score (nSPS) is 12.2. The number of halogens is 2. The number of anilines is 1. The molecule has 1 N–H and O–H groups in total. The van der Waals surface area contributed by atoms with Crippen molar-refractivity contribution in [3.05, 3.63) is 58.3 Å². The fraction of sp³-hybridized carbons (Fsp3) is 0.250. The van der Waals surface area contributed by atoms with Crippen LogP contribution >= 0.6 is 15.9 Å². The zero-order valence-electron chi connectivity index (χ0n) is 13.6. The van der Waals surface area contributed by atoms with Crippen molar-refractivity contribution in [1.29, 1.82) is 0 Å². The largest absolute Gasteiger partial charge is 0.291 e. The van der Waals surface area contributed by atoms with E-state index in [-0.39, 0.29) is 24.2 Å². The van der Waals surface area contributed by atoms with Crippen molar-refractivity contribution in [3.63, 3.8) is 0 Å². The minimum Gasteiger partial charge on any atom is -0.291 e. The number of hydrogen-bond donors (Lipinski definition) is 1. The molecular formula is C16H16BrFN6O. The second-order valence-corrected chi connectivity index (χ2v) is 6.42. The minimum atomic E-state index is -0.525. The van der Waals surface area contributed by atoms with Crippen LogP contribution in [0.3, 0.4) is 0 Å². The standard InChI is InChI=1S/C16H16BrFN6O/c1-10-13(17)8-24(21-10)11(2)15(25)20-16-19-9-23(22-16)7-12-5-3-4-6-14(12)18/h3-6,8-9,11H,7H2,1-2H3,(H,20,22,25). The van der Waals surface area contributed by atoms with E-state index in [4.69, 9.17) is 0 Å². The van der Waals surface area contributed by atoms with Crippen molar-refractivity contribution in [1.82, 2.24) is 24.5 Å². The van der Waals surface area contributed by atoms with Gasteiger partial charge in [-0.15, -0.1) is 5.10 Å². The van der Waals surface area contributed by atoms with Gasteiger partial charge in [-0.3, -0.25) is 14.8 Å². The fourth-order valence-corrected chi connectivity index (χ4v) is 2.51. The van der Waals surface area contributed by atoms with Crippen LogP contribution in [0.2, 0.25) is 0 Å². The first-order valence-corrected chi connectivity index (χ1v) is 8.38. The van der Waals surface area contributed by atoms with Crippen LogP contribution in [0.5, 0.6) is 0 Å². The number of hydrogen-bond acceptors (Lipinski definition) is 4. The number of carbonyl (C=O) groups is 1. The maximum absolute atomic E-state index is 13.7. The maximum Gasteiger partial charge on any atom is 0.251 e. The summed E-state index contributed by atoms with van der Waals surface area (Å²) in [6, 6.07) is 5.92. The summed E-state index contributed by atoms with van der Waals surface area (Å²) in [6.07, 6.45) is 3.19. The predicted octanol–water partition coefficient (Wildman–Crippen LogP) is 2.93. The number of nitrogens with one attached hydrogen (secondary N) is 1. The van der Waals surface area contributed by atoms with Crippen LogP contribution < -0.4 is 5.32 Å². The summed E-state index contributed by atoms with van der Waals surface area (Å²) < 4.78 is 17.5. The molecule has 3 aromatic rings. The Bertz CT molecular complexity index is 886. The van der Waals surface area contributed by atoms with E-state index in [9.17, 15) is 9.18 Å². The Hall–Kier alpha value is -2.55. The van der Waals surface area contributed by atoms with Gasteiger partial charge in [-0.1, -0.05) is 18.2 Å². The second-order valence-electron chi connectivity index (χ2n) is 5.56. The highest BCUT2D eigenvalue weighted by atomic mass is 79.9. The lowest BCUT2D eigenvalue weighted by Crippen LogP contribution is -2.24. The van der Waals surface area contributed by atoms with Gasteiger partial charge in [0, 0.05) is 11.8 Å². The summed E-state index contributed by atoms with van der Waals surface area (Å²) in [5, 5.41) is 11.1. The van der Waals surface area contributed by atoms with Crippen LogP contribution in [0.25, 0.3) is 0 Å². The molecule has 130 valence electrons. The van der Waals surface area contributed by atoms with Crippen LogP contribution in [-0.4, -0.2) is 30.5 Å². The third kappa shape index (κ3) is 3.93. The molecular weight excluding hydrogens is 391 g/mol. The average molecular weight is 407 g/mol. The SMILES string of the molecule is Cc1nn(C(C)C(=O)Nc2ncn(Cc3ccccc3F)n2)cc1Br. The van der Waals surface area contributed by atoms with Gasteiger partial charge in [0.2, 0.25) is 5.95 Å². The molecule has 2 heterocycles. The molecule has 1 unspecified atom stereocenters. The summed E-state index contributed by atoms with van der Waals surface area (Å²) >= 11 is 3.37. The Labute approximate surface area is 152 Å². The van der Waals surface area contributed by atoms with Gasteiger partial charge < -0.3 is 0 Å². The van der Waals surface area contributed by atoms with E-state index in [2.05, 4.69) is 36.4 Å². The summed E-state index contributed by atoms with van der Waals surface area (Å²) in [4.78, 5) is 16.4. The minimum absolute atomic E-state index is 0.163. The molecule has 1 amide bonds. The molecule has 9 heteroatoms. The zero-order valence-corrected chi connectivity index (χ0v) is 15.2. The number of aryl methyl sites for hydroxylation is 1. The molecule has 0 saturated heterocycles. The highest BCUT2D eigenvalue weighted by Gasteiger charge is 2.18. The van der Waals surface area contributed by atoms with Gasteiger partial charge in [0.1, 0.15) is 18.2 Å². The van der Waals surface area contributed by atoms with Gasteiger partial charge in [0.05, 0.1) is 16.7 Å². The van der Waals surface area contributed by atoms with Gasteiger partial charge in [-0.05, 0) is 35.8 Å². The quantitative estimate of drug-likeness (QED) is 0.706. The highest BCUT2D eigenvalue weighted by molar-refractivity contribution is 9.10. The van der Waals surface area contributed by atoms with Gasteiger partial charge in [-0.2, -0.15) is 5.10 Å². The zero-order chi connectivity index (χ0) is 18.0. The number of aromatic nitrogens is 5. The molecule has 0 fully saturated rings. The first-order valence-electron chi connectivity index (χ1n) is 7.59. The molecule has 7 nitrogen and oxygen atoms in total. The smallest absolute Gasteiger partial charge is 0.251 e. The molecule has 1 aromatic carbocycles. The summed E-state index contributed by atoms with van der Waals surface area (Å²) in [7, 11) is 0. The molecule has 3 rings (SSSR count). The Morgan fingerprint density at radius 3 is 2.80 bits per heavy atom. The number of carbonyl (C=O) groups excluding carboxylic acids is 1. The molecule has 1 atom stereocenters. The topological polar surface area (TPSA) is 77.6 Å². The van der Waals surface area contributed by atoms with E-state index in [1.807, 2.05) is 6.92 Å². The summed E-state index contributed by atoms with van der Waals surface area (Å²) in [5.74, 6) is -0.438. The van der Waals surface area contributed by atoms with Gasteiger partial charge in [0.15, 0.2) is 0 Å². The Morgan fingerprint density at radius 2 is 2.12 bits per heavy atom. The molecule has 25 heavy (non-hydrogen) atoms. The van der Waals surface area contributed by atoms with Crippen molar-refractivity contribution in [2.24, 2.45) is 0 Å². The number of rotatable bonds is 5. The van der Waals surface area contributed by atoms with Crippen LogP contribution in [0.1, 0.15) is 24.2 Å². The molecule has 0 radical (unpaired) electrons. The first kappa shape index (κ1) is 17.3. The molecule has 0 spiro atoms. The van der Waals surface area contributed by atoms with Crippen LogP contribution in [0, 0.1) is 12.7 Å². The lowest BCUT2D eigenvalue weighted by Gasteiger charge is -2.10. The first-order chi connectivity index (χ1) is 11.9. The van der Waals surface area contributed by atoms with Crippen molar-refractivity contribution in [2.45, 2.75) is 26.4 Å². The third-order valence-corrected chi connectivity index (χ3v) is 4.47. The molecule has 2 aromatic heterocycles. The molecule has 0 aliphatic rings. The predicted molar refractivity (Wildman–Crippen MR) is 93.5 cm³/mol. The number of nitrogens with zero attached hydrogens (tertiary/aromatic N) is 5. The van der Waals surface area contributed by atoms with Gasteiger partial charge in [-0.25, -0.2) is 14.1 Å². The van der Waals surface area contributed by atoms with Crippen molar-refractivity contribution in [3.8, 4) is 0 Å². The Balaban J connectivity index is 1.66. The van der Waals surface area contributed by atoms with Crippen LogP contribution in [-0.2, 0) is 11.3 Å². The molecule has 0 aliphatic carbocycles. The third-order valence-electron chi connectivity index (χ3n) is 3.69. The average Bonchev–Trinajstić information content (AvgIpc) is 3.15. The molecule has 0 bridgehead atoms. The molecule has 0 aliphatic heterocycles. The highest BCUT2D eigenvalue weighted by Crippen LogP contribution is 2.17. The number of amides is 1.